The Morgan fingerprint density at radius 3 is 2.76 bits per heavy atom. The van der Waals surface area contributed by atoms with Crippen LogP contribution in [0.15, 0.2) is 24.3 Å². The molecular formula is C17H23ClN2O. The molecule has 3 nitrogen and oxygen atoms in total. The van der Waals surface area contributed by atoms with E-state index in [9.17, 15) is 4.79 Å². The van der Waals surface area contributed by atoms with Gasteiger partial charge in [-0.3, -0.25) is 9.69 Å². The Balaban J connectivity index is 1.52. The van der Waals surface area contributed by atoms with Crippen LogP contribution in [0.25, 0.3) is 0 Å². The van der Waals surface area contributed by atoms with Crippen LogP contribution in [0.3, 0.4) is 0 Å². The molecule has 2 atom stereocenters. The first-order chi connectivity index (χ1) is 10.2. The molecule has 0 aromatic heterocycles. The Morgan fingerprint density at radius 2 is 1.95 bits per heavy atom. The number of piperidine rings is 1. The van der Waals surface area contributed by atoms with Crippen molar-refractivity contribution in [3.63, 3.8) is 0 Å². The first kappa shape index (κ1) is 14.9. The number of benzene rings is 1. The van der Waals surface area contributed by atoms with Crippen molar-refractivity contribution in [1.82, 2.24) is 4.90 Å². The molecule has 1 aromatic rings. The molecule has 0 unspecified atom stereocenters. The van der Waals surface area contributed by atoms with Gasteiger partial charge < -0.3 is 5.32 Å². The third-order valence-electron chi connectivity index (χ3n) is 4.89. The molecule has 1 amide bonds. The van der Waals surface area contributed by atoms with Crippen molar-refractivity contribution in [2.45, 2.75) is 32.1 Å². The number of carbonyl (C=O) groups excluding carboxylic acids is 1. The van der Waals surface area contributed by atoms with Crippen LogP contribution in [0.2, 0.25) is 5.02 Å². The normalized spacial score (nSPS) is 26.1. The van der Waals surface area contributed by atoms with E-state index in [-0.39, 0.29) is 5.91 Å². The number of halogens is 1. The number of nitrogens with zero attached hydrogens (tertiary/aromatic N) is 1. The molecule has 2 aliphatic rings. The van der Waals surface area contributed by atoms with Crippen LogP contribution in [0.5, 0.6) is 0 Å². The van der Waals surface area contributed by atoms with Crippen molar-refractivity contribution >= 4 is 23.2 Å². The number of fused-ring (bicyclic) bond motifs is 1. The Hall–Kier alpha value is -1.06. The number of rotatable bonds is 3. The molecule has 1 aromatic carbocycles. The summed E-state index contributed by atoms with van der Waals surface area (Å²) in [5, 5.41) is 3.51. The van der Waals surface area contributed by atoms with E-state index in [2.05, 4.69) is 10.2 Å². The minimum atomic E-state index is 0.0392. The largest absolute Gasteiger partial charge is 0.324 e. The average Bonchev–Trinajstić information content (AvgIpc) is 2.49. The Labute approximate surface area is 131 Å². The lowest BCUT2D eigenvalue weighted by Gasteiger charge is -2.41. The maximum Gasteiger partial charge on any atom is 0.238 e. The smallest absolute Gasteiger partial charge is 0.238 e. The van der Waals surface area contributed by atoms with Gasteiger partial charge in [0.05, 0.1) is 17.3 Å². The molecule has 1 saturated carbocycles. The van der Waals surface area contributed by atoms with E-state index < -0.39 is 0 Å². The van der Waals surface area contributed by atoms with Gasteiger partial charge >= 0.3 is 0 Å². The topological polar surface area (TPSA) is 32.3 Å². The maximum atomic E-state index is 12.2. The summed E-state index contributed by atoms with van der Waals surface area (Å²) in [6.07, 6.45) is 6.75. The fourth-order valence-electron chi connectivity index (χ4n) is 3.78. The molecule has 1 saturated heterocycles. The second kappa shape index (κ2) is 6.80. The molecule has 114 valence electrons. The van der Waals surface area contributed by atoms with Crippen molar-refractivity contribution in [2.75, 3.05) is 25.0 Å². The van der Waals surface area contributed by atoms with Crippen molar-refractivity contribution in [1.29, 1.82) is 0 Å². The van der Waals surface area contributed by atoms with E-state index in [1.54, 1.807) is 6.07 Å². The summed E-state index contributed by atoms with van der Waals surface area (Å²) in [5.41, 5.74) is 0.705. The van der Waals surface area contributed by atoms with Gasteiger partial charge in [-0.25, -0.2) is 0 Å². The fourth-order valence-corrected chi connectivity index (χ4v) is 3.96. The molecule has 0 bridgehead atoms. The van der Waals surface area contributed by atoms with Crippen molar-refractivity contribution in [3.8, 4) is 0 Å². The highest BCUT2D eigenvalue weighted by atomic mass is 35.5. The Bertz CT molecular complexity index is 505. The predicted molar refractivity (Wildman–Crippen MR) is 86.6 cm³/mol. The van der Waals surface area contributed by atoms with E-state index in [0.717, 1.165) is 24.9 Å². The summed E-state index contributed by atoms with van der Waals surface area (Å²) in [7, 11) is 0. The highest BCUT2D eigenvalue weighted by molar-refractivity contribution is 6.33. The van der Waals surface area contributed by atoms with Gasteiger partial charge in [-0.05, 0) is 43.4 Å². The zero-order valence-corrected chi connectivity index (χ0v) is 13.1. The fraction of sp³-hybridized carbons (Fsp3) is 0.588. The number of carbonyl (C=O) groups is 1. The van der Waals surface area contributed by atoms with E-state index >= 15 is 0 Å². The Morgan fingerprint density at radius 1 is 1.19 bits per heavy atom. The number of hydrogen-bond acceptors (Lipinski definition) is 2. The van der Waals surface area contributed by atoms with Gasteiger partial charge in [0, 0.05) is 6.54 Å². The lowest BCUT2D eigenvalue weighted by Crippen LogP contribution is -2.44. The average molecular weight is 307 g/mol. The van der Waals surface area contributed by atoms with Gasteiger partial charge in [-0.15, -0.1) is 0 Å². The second-order valence-corrected chi connectivity index (χ2v) is 6.76. The van der Waals surface area contributed by atoms with E-state index in [1.165, 1.54) is 32.1 Å². The molecule has 1 aliphatic carbocycles. The maximum absolute atomic E-state index is 12.2. The number of likely N-dealkylation sites (tertiary alicyclic amines) is 1. The SMILES string of the molecule is O=C(CN1CC[C@H]2CCCC[C@@H]2C1)Nc1ccccc1Cl. The lowest BCUT2D eigenvalue weighted by molar-refractivity contribution is -0.118. The summed E-state index contributed by atoms with van der Waals surface area (Å²) in [6, 6.07) is 7.39. The van der Waals surface area contributed by atoms with E-state index in [0.29, 0.717) is 17.3 Å². The van der Waals surface area contributed by atoms with E-state index in [1.807, 2.05) is 18.2 Å². The minimum Gasteiger partial charge on any atom is -0.324 e. The molecule has 1 heterocycles. The highest BCUT2D eigenvalue weighted by Gasteiger charge is 2.31. The van der Waals surface area contributed by atoms with Crippen LogP contribution in [-0.4, -0.2) is 30.4 Å². The van der Waals surface area contributed by atoms with Gasteiger partial charge in [0.1, 0.15) is 0 Å². The number of amides is 1. The van der Waals surface area contributed by atoms with Gasteiger partial charge in [-0.2, -0.15) is 0 Å². The number of nitrogens with one attached hydrogen (secondary N) is 1. The zero-order valence-electron chi connectivity index (χ0n) is 12.4. The third kappa shape index (κ3) is 3.78. The van der Waals surface area contributed by atoms with Crippen LogP contribution < -0.4 is 5.32 Å². The number of hydrogen-bond donors (Lipinski definition) is 1. The number of para-hydroxylation sites is 1. The lowest BCUT2D eigenvalue weighted by atomic mass is 9.75. The van der Waals surface area contributed by atoms with Crippen LogP contribution in [0.4, 0.5) is 5.69 Å². The molecule has 4 heteroatoms. The molecule has 2 fully saturated rings. The quantitative estimate of drug-likeness (QED) is 0.921. The summed E-state index contributed by atoms with van der Waals surface area (Å²) in [6.45, 7) is 2.62. The predicted octanol–water partition coefficient (Wildman–Crippen LogP) is 3.79. The molecule has 3 rings (SSSR count). The van der Waals surface area contributed by atoms with Crippen molar-refractivity contribution in [2.24, 2.45) is 11.8 Å². The Kier molecular flexibility index (Phi) is 4.81. The van der Waals surface area contributed by atoms with Crippen LogP contribution >= 0.6 is 11.6 Å². The van der Waals surface area contributed by atoms with Gasteiger partial charge in [0.25, 0.3) is 0 Å². The standard InChI is InChI=1S/C17H23ClN2O/c18-15-7-3-4-8-16(15)19-17(21)12-20-10-9-13-5-1-2-6-14(13)11-20/h3-4,7-8,13-14H,1-2,5-6,9-12H2,(H,19,21)/t13-,14-/m1/s1. The summed E-state index contributed by atoms with van der Waals surface area (Å²) in [5.74, 6) is 1.75. The van der Waals surface area contributed by atoms with Crippen molar-refractivity contribution in [3.05, 3.63) is 29.3 Å². The first-order valence-corrected chi connectivity index (χ1v) is 8.37. The second-order valence-electron chi connectivity index (χ2n) is 6.36. The monoisotopic (exact) mass is 306 g/mol. The molecule has 21 heavy (non-hydrogen) atoms. The highest BCUT2D eigenvalue weighted by Crippen LogP contribution is 2.35. The van der Waals surface area contributed by atoms with E-state index in [4.69, 9.17) is 11.6 Å². The molecular weight excluding hydrogens is 284 g/mol. The molecule has 0 radical (unpaired) electrons. The summed E-state index contributed by atoms with van der Waals surface area (Å²) >= 11 is 6.07. The summed E-state index contributed by atoms with van der Waals surface area (Å²) in [4.78, 5) is 14.5. The zero-order chi connectivity index (χ0) is 14.7. The van der Waals surface area contributed by atoms with Gasteiger partial charge in [0.2, 0.25) is 5.91 Å². The van der Waals surface area contributed by atoms with Gasteiger partial charge in [0.15, 0.2) is 0 Å². The van der Waals surface area contributed by atoms with Crippen LogP contribution in [0.1, 0.15) is 32.1 Å². The number of anilines is 1. The first-order valence-electron chi connectivity index (χ1n) is 7.99. The molecule has 0 spiro atoms. The third-order valence-corrected chi connectivity index (χ3v) is 5.22. The van der Waals surface area contributed by atoms with Gasteiger partial charge in [-0.1, -0.05) is 43.0 Å². The van der Waals surface area contributed by atoms with Crippen molar-refractivity contribution < 1.29 is 4.79 Å². The molecule has 1 N–H and O–H groups in total. The van der Waals surface area contributed by atoms with Crippen LogP contribution in [-0.2, 0) is 4.79 Å². The summed E-state index contributed by atoms with van der Waals surface area (Å²) < 4.78 is 0. The minimum absolute atomic E-state index is 0.0392. The van der Waals surface area contributed by atoms with Crippen LogP contribution in [0, 0.1) is 11.8 Å². The molecule has 1 aliphatic heterocycles.